The number of hydrogen-bond acceptors (Lipinski definition) is 3. The van der Waals surface area contributed by atoms with Gasteiger partial charge < -0.3 is 10.4 Å². The van der Waals surface area contributed by atoms with E-state index in [1.54, 1.807) is 12.3 Å². The highest BCUT2D eigenvalue weighted by Crippen LogP contribution is 2.31. The SMILES string of the molecule is Oc1c(Cl)cc(Cl)cc1CNc1ccc(Br)nc1. The fourth-order valence-corrected chi connectivity index (χ4v) is 2.20. The van der Waals surface area contributed by atoms with E-state index in [-0.39, 0.29) is 10.8 Å². The van der Waals surface area contributed by atoms with Crippen molar-refractivity contribution < 1.29 is 5.11 Å². The minimum atomic E-state index is 0.0404. The van der Waals surface area contributed by atoms with Gasteiger partial charge >= 0.3 is 0 Å². The number of benzene rings is 1. The first kappa shape index (κ1) is 13.5. The van der Waals surface area contributed by atoms with Crippen molar-refractivity contribution in [3.8, 4) is 5.75 Å². The number of phenolic OH excluding ortho intramolecular Hbond substituents is 1. The average Bonchev–Trinajstić information content (AvgIpc) is 2.34. The largest absolute Gasteiger partial charge is 0.506 e. The molecule has 18 heavy (non-hydrogen) atoms. The Morgan fingerprint density at radius 2 is 2.06 bits per heavy atom. The van der Waals surface area contributed by atoms with Crippen molar-refractivity contribution in [2.45, 2.75) is 6.54 Å². The van der Waals surface area contributed by atoms with Crippen LogP contribution in [0.4, 0.5) is 5.69 Å². The highest BCUT2D eigenvalue weighted by atomic mass is 79.9. The van der Waals surface area contributed by atoms with Gasteiger partial charge in [0.05, 0.1) is 16.9 Å². The Balaban J connectivity index is 2.13. The van der Waals surface area contributed by atoms with E-state index in [1.165, 1.54) is 6.07 Å². The molecule has 6 heteroatoms. The third-order valence-electron chi connectivity index (χ3n) is 2.32. The zero-order valence-corrected chi connectivity index (χ0v) is 12.2. The summed E-state index contributed by atoms with van der Waals surface area (Å²) >= 11 is 15.0. The fourth-order valence-electron chi connectivity index (χ4n) is 1.43. The zero-order chi connectivity index (χ0) is 13.1. The van der Waals surface area contributed by atoms with Crippen molar-refractivity contribution in [2.24, 2.45) is 0 Å². The molecule has 2 N–H and O–H groups in total. The van der Waals surface area contributed by atoms with Crippen LogP contribution in [0.1, 0.15) is 5.56 Å². The molecule has 3 nitrogen and oxygen atoms in total. The molecule has 0 bridgehead atoms. The van der Waals surface area contributed by atoms with E-state index in [9.17, 15) is 5.11 Å². The Bertz CT molecular complexity index is 561. The molecular weight excluding hydrogens is 339 g/mol. The molecule has 0 saturated carbocycles. The molecule has 0 aliphatic rings. The van der Waals surface area contributed by atoms with Crippen LogP contribution in [0.3, 0.4) is 0 Å². The number of nitrogens with one attached hydrogen (secondary N) is 1. The fraction of sp³-hybridized carbons (Fsp3) is 0.0833. The smallest absolute Gasteiger partial charge is 0.139 e. The molecule has 0 radical (unpaired) electrons. The number of aromatic nitrogens is 1. The van der Waals surface area contributed by atoms with Crippen LogP contribution in [-0.4, -0.2) is 10.1 Å². The Hall–Kier alpha value is -0.970. The molecule has 2 rings (SSSR count). The molecule has 1 aromatic heterocycles. The van der Waals surface area contributed by atoms with Crippen molar-refractivity contribution in [3.63, 3.8) is 0 Å². The second kappa shape index (κ2) is 5.78. The summed E-state index contributed by atoms with van der Waals surface area (Å²) in [6, 6.07) is 6.87. The van der Waals surface area contributed by atoms with E-state index in [0.717, 1.165) is 10.3 Å². The lowest BCUT2D eigenvalue weighted by molar-refractivity contribution is 0.469. The molecule has 2 aromatic rings. The van der Waals surface area contributed by atoms with Crippen molar-refractivity contribution in [2.75, 3.05) is 5.32 Å². The molecule has 1 aromatic carbocycles. The standard InChI is InChI=1S/C12H9BrCl2N2O/c13-11-2-1-9(6-17-11)16-5-7-3-8(14)4-10(15)12(7)18/h1-4,6,16,18H,5H2. The van der Waals surface area contributed by atoms with Gasteiger partial charge in [-0.3, -0.25) is 0 Å². The zero-order valence-electron chi connectivity index (χ0n) is 9.12. The van der Waals surface area contributed by atoms with E-state index in [1.807, 2.05) is 12.1 Å². The van der Waals surface area contributed by atoms with E-state index in [2.05, 4.69) is 26.2 Å². The second-order valence-corrected chi connectivity index (χ2v) is 5.27. The van der Waals surface area contributed by atoms with Gasteiger partial charge in [-0.25, -0.2) is 4.98 Å². The van der Waals surface area contributed by atoms with Crippen LogP contribution in [0.15, 0.2) is 35.1 Å². The van der Waals surface area contributed by atoms with Gasteiger partial charge in [-0.1, -0.05) is 23.2 Å². The first-order valence-corrected chi connectivity index (χ1v) is 6.63. The predicted octanol–water partition coefficient (Wildman–Crippen LogP) is 4.47. The third-order valence-corrected chi connectivity index (χ3v) is 3.29. The molecule has 0 aliphatic heterocycles. The van der Waals surface area contributed by atoms with Gasteiger partial charge in [-0.2, -0.15) is 0 Å². The van der Waals surface area contributed by atoms with Crippen molar-refractivity contribution >= 4 is 44.8 Å². The number of phenols is 1. The molecule has 0 amide bonds. The van der Waals surface area contributed by atoms with Gasteiger partial charge in [0, 0.05) is 17.1 Å². The molecule has 0 unspecified atom stereocenters. The first-order valence-electron chi connectivity index (χ1n) is 5.08. The predicted molar refractivity (Wildman–Crippen MR) is 77.4 cm³/mol. The van der Waals surface area contributed by atoms with Gasteiger partial charge in [0.25, 0.3) is 0 Å². The normalized spacial score (nSPS) is 10.4. The highest BCUT2D eigenvalue weighted by Gasteiger charge is 2.07. The molecule has 0 saturated heterocycles. The summed E-state index contributed by atoms with van der Waals surface area (Å²) in [7, 11) is 0. The van der Waals surface area contributed by atoms with Crippen LogP contribution >= 0.6 is 39.1 Å². The average molecular weight is 348 g/mol. The molecular formula is C12H9BrCl2N2O. The summed E-state index contributed by atoms with van der Waals surface area (Å²) in [5.41, 5.74) is 1.48. The number of nitrogens with zero attached hydrogens (tertiary/aromatic N) is 1. The molecule has 94 valence electrons. The van der Waals surface area contributed by atoms with E-state index >= 15 is 0 Å². The summed E-state index contributed by atoms with van der Waals surface area (Å²) in [6.45, 7) is 0.412. The highest BCUT2D eigenvalue weighted by molar-refractivity contribution is 9.10. The minimum Gasteiger partial charge on any atom is -0.506 e. The van der Waals surface area contributed by atoms with Crippen LogP contribution in [-0.2, 0) is 6.54 Å². The third kappa shape index (κ3) is 3.28. The molecule has 0 spiro atoms. The second-order valence-electron chi connectivity index (χ2n) is 3.62. The van der Waals surface area contributed by atoms with Gasteiger partial charge in [0.2, 0.25) is 0 Å². The quantitative estimate of drug-likeness (QED) is 0.805. The van der Waals surface area contributed by atoms with Crippen LogP contribution in [0.2, 0.25) is 10.0 Å². The molecule has 0 fully saturated rings. The molecule has 0 atom stereocenters. The minimum absolute atomic E-state index is 0.0404. The van der Waals surface area contributed by atoms with Gasteiger partial charge in [-0.05, 0) is 40.2 Å². The van der Waals surface area contributed by atoms with Gasteiger partial charge in [0.1, 0.15) is 10.4 Å². The molecule has 0 aliphatic carbocycles. The summed E-state index contributed by atoms with van der Waals surface area (Å²) < 4.78 is 0.765. The Kier molecular flexibility index (Phi) is 4.32. The summed E-state index contributed by atoms with van der Waals surface area (Å²) in [5.74, 6) is 0.0404. The van der Waals surface area contributed by atoms with Crippen LogP contribution in [0.5, 0.6) is 5.75 Å². The van der Waals surface area contributed by atoms with Gasteiger partial charge in [-0.15, -0.1) is 0 Å². The van der Waals surface area contributed by atoms with Crippen molar-refractivity contribution in [1.82, 2.24) is 4.98 Å². The lowest BCUT2D eigenvalue weighted by atomic mass is 10.2. The number of anilines is 1. The number of rotatable bonds is 3. The van der Waals surface area contributed by atoms with Crippen LogP contribution in [0.25, 0.3) is 0 Å². The number of hydrogen-bond donors (Lipinski definition) is 2. The summed E-state index contributed by atoms with van der Waals surface area (Å²) in [6.07, 6.45) is 1.69. The number of halogens is 3. The first-order chi connectivity index (χ1) is 8.56. The van der Waals surface area contributed by atoms with Gasteiger partial charge in [0.15, 0.2) is 0 Å². The van der Waals surface area contributed by atoms with Crippen LogP contribution in [0, 0.1) is 0 Å². The van der Waals surface area contributed by atoms with E-state index in [4.69, 9.17) is 23.2 Å². The van der Waals surface area contributed by atoms with Crippen molar-refractivity contribution in [3.05, 3.63) is 50.7 Å². The monoisotopic (exact) mass is 346 g/mol. The Morgan fingerprint density at radius 1 is 1.28 bits per heavy atom. The maximum Gasteiger partial charge on any atom is 0.139 e. The lowest BCUT2D eigenvalue weighted by Gasteiger charge is -2.09. The maximum atomic E-state index is 9.79. The topological polar surface area (TPSA) is 45.1 Å². The lowest BCUT2D eigenvalue weighted by Crippen LogP contribution is -2.00. The molecule has 1 heterocycles. The van der Waals surface area contributed by atoms with E-state index in [0.29, 0.717) is 17.1 Å². The number of aromatic hydroxyl groups is 1. The number of pyridine rings is 1. The van der Waals surface area contributed by atoms with Crippen molar-refractivity contribution in [1.29, 1.82) is 0 Å². The summed E-state index contributed by atoms with van der Waals surface area (Å²) in [5, 5.41) is 13.6. The Labute approximate surface area is 123 Å². The summed E-state index contributed by atoms with van der Waals surface area (Å²) in [4.78, 5) is 4.09. The maximum absolute atomic E-state index is 9.79. The van der Waals surface area contributed by atoms with Crippen LogP contribution < -0.4 is 5.32 Å². The Morgan fingerprint density at radius 3 is 2.72 bits per heavy atom. The van der Waals surface area contributed by atoms with E-state index < -0.39 is 0 Å².